The summed E-state index contributed by atoms with van der Waals surface area (Å²) in [7, 11) is 1.90. The van der Waals surface area contributed by atoms with Crippen LogP contribution in [0.5, 0.6) is 11.6 Å². The van der Waals surface area contributed by atoms with E-state index in [0.29, 0.717) is 5.88 Å². The maximum atomic E-state index is 5.86. The van der Waals surface area contributed by atoms with Gasteiger partial charge in [-0.25, -0.2) is 4.98 Å². The Bertz CT molecular complexity index is 595. The van der Waals surface area contributed by atoms with Gasteiger partial charge in [0.1, 0.15) is 16.1 Å². The lowest BCUT2D eigenvalue weighted by Crippen LogP contribution is -1.99. The second kappa shape index (κ2) is 5.69. The van der Waals surface area contributed by atoms with Crippen LogP contribution >= 0.6 is 15.9 Å². The molecule has 0 spiro atoms. The van der Waals surface area contributed by atoms with Crippen molar-refractivity contribution in [1.82, 2.24) is 19.7 Å². The van der Waals surface area contributed by atoms with Gasteiger partial charge in [-0.3, -0.25) is 4.68 Å². The van der Waals surface area contributed by atoms with Crippen LogP contribution in [0.25, 0.3) is 0 Å². The van der Waals surface area contributed by atoms with Crippen LogP contribution < -0.4 is 4.74 Å². The summed E-state index contributed by atoms with van der Waals surface area (Å²) < 4.78 is 8.40. The summed E-state index contributed by atoms with van der Waals surface area (Å²) in [6, 6.07) is 1.77. The minimum atomic E-state index is 0.546. The molecule has 6 heteroatoms. The van der Waals surface area contributed by atoms with Gasteiger partial charge in [0.05, 0.1) is 5.69 Å². The van der Waals surface area contributed by atoms with E-state index in [9.17, 15) is 0 Å². The molecule has 2 aromatic heterocycles. The number of halogens is 1. The average Bonchev–Trinajstić information content (AvgIpc) is 2.56. The van der Waals surface area contributed by atoms with Gasteiger partial charge in [0.15, 0.2) is 5.75 Å². The molecule has 0 aliphatic carbocycles. The third-order valence-electron chi connectivity index (χ3n) is 2.84. The van der Waals surface area contributed by atoms with Gasteiger partial charge in [0.25, 0.3) is 0 Å². The molecule has 19 heavy (non-hydrogen) atoms. The van der Waals surface area contributed by atoms with E-state index in [1.807, 2.05) is 20.9 Å². The van der Waals surface area contributed by atoms with Crippen LogP contribution in [-0.2, 0) is 13.5 Å². The van der Waals surface area contributed by atoms with Crippen molar-refractivity contribution in [3.8, 4) is 11.6 Å². The van der Waals surface area contributed by atoms with Crippen molar-refractivity contribution >= 4 is 15.9 Å². The van der Waals surface area contributed by atoms with Crippen molar-refractivity contribution in [1.29, 1.82) is 0 Å². The largest absolute Gasteiger partial charge is 0.435 e. The topological polar surface area (TPSA) is 52.8 Å². The molecule has 0 bridgehead atoms. The van der Waals surface area contributed by atoms with E-state index in [0.717, 1.165) is 40.4 Å². The van der Waals surface area contributed by atoms with Crippen LogP contribution in [0.4, 0.5) is 0 Å². The highest BCUT2D eigenvalue weighted by Gasteiger charge is 2.13. The van der Waals surface area contributed by atoms with Gasteiger partial charge < -0.3 is 4.74 Å². The summed E-state index contributed by atoms with van der Waals surface area (Å²) in [5, 5.41) is 4.32. The van der Waals surface area contributed by atoms with Gasteiger partial charge in [-0.15, -0.1) is 0 Å². The fraction of sp³-hybridized carbons (Fsp3) is 0.462. The maximum absolute atomic E-state index is 5.86. The van der Waals surface area contributed by atoms with Crippen LogP contribution in [0, 0.1) is 13.8 Å². The van der Waals surface area contributed by atoms with Crippen LogP contribution in [0.3, 0.4) is 0 Å². The molecular weight excluding hydrogens is 308 g/mol. The molecule has 102 valence electrons. The Morgan fingerprint density at radius 1 is 1.32 bits per heavy atom. The van der Waals surface area contributed by atoms with E-state index in [1.165, 1.54) is 0 Å². The van der Waals surface area contributed by atoms with Crippen LogP contribution in [0.15, 0.2) is 10.7 Å². The Morgan fingerprint density at radius 2 is 2.05 bits per heavy atom. The molecule has 0 atom stereocenters. The average molecular weight is 325 g/mol. The van der Waals surface area contributed by atoms with E-state index in [1.54, 1.807) is 10.7 Å². The van der Waals surface area contributed by atoms with Crippen LogP contribution in [-0.4, -0.2) is 19.7 Å². The zero-order valence-corrected chi connectivity index (χ0v) is 13.2. The van der Waals surface area contributed by atoms with Crippen molar-refractivity contribution in [2.45, 2.75) is 33.6 Å². The third kappa shape index (κ3) is 3.12. The highest BCUT2D eigenvalue weighted by Crippen LogP contribution is 2.28. The van der Waals surface area contributed by atoms with Crippen LogP contribution in [0.2, 0.25) is 0 Å². The van der Waals surface area contributed by atoms with Crippen LogP contribution in [0.1, 0.15) is 30.6 Å². The summed E-state index contributed by atoms with van der Waals surface area (Å²) in [6.45, 7) is 5.99. The first-order chi connectivity index (χ1) is 9.01. The predicted octanol–water partition coefficient (Wildman–Crippen LogP) is 3.33. The molecule has 0 saturated heterocycles. The predicted molar refractivity (Wildman–Crippen MR) is 76.5 cm³/mol. The first-order valence-corrected chi connectivity index (χ1v) is 7.02. The summed E-state index contributed by atoms with van der Waals surface area (Å²) in [5.41, 5.74) is 1.83. The Hall–Kier alpha value is -1.43. The number of ether oxygens (including phenoxy) is 1. The quantitative estimate of drug-likeness (QED) is 0.809. The van der Waals surface area contributed by atoms with E-state index < -0.39 is 0 Å². The van der Waals surface area contributed by atoms with Gasteiger partial charge in [-0.05, 0) is 36.2 Å². The third-order valence-corrected chi connectivity index (χ3v) is 3.25. The molecule has 2 aromatic rings. The standard InChI is InChI=1S/C13H17BrN4O/c1-5-6-11-15-10(14)7-12(16-11)19-13-8(2)17-18(4)9(13)3/h7H,5-6H2,1-4H3. The number of rotatable bonds is 4. The second-order valence-electron chi connectivity index (χ2n) is 4.42. The Balaban J connectivity index is 2.32. The molecule has 2 rings (SSSR count). The van der Waals surface area contributed by atoms with Gasteiger partial charge >= 0.3 is 0 Å². The van der Waals surface area contributed by atoms with E-state index in [-0.39, 0.29) is 0 Å². The molecule has 0 aliphatic heterocycles. The lowest BCUT2D eigenvalue weighted by atomic mass is 10.3. The number of aromatic nitrogens is 4. The van der Waals surface area contributed by atoms with E-state index >= 15 is 0 Å². The lowest BCUT2D eigenvalue weighted by Gasteiger charge is -2.07. The first kappa shape index (κ1) is 14.0. The second-order valence-corrected chi connectivity index (χ2v) is 5.23. The molecule has 0 aromatic carbocycles. The summed E-state index contributed by atoms with van der Waals surface area (Å²) in [6.07, 6.45) is 1.83. The Kier molecular flexibility index (Phi) is 4.19. The SMILES string of the molecule is CCCc1nc(Br)cc(Oc2c(C)nn(C)c2C)n1. The van der Waals surface area contributed by atoms with Gasteiger partial charge in [0.2, 0.25) is 5.88 Å². The number of hydrogen-bond donors (Lipinski definition) is 0. The maximum Gasteiger partial charge on any atom is 0.223 e. The number of aryl methyl sites for hydroxylation is 3. The molecule has 0 unspecified atom stereocenters. The molecule has 2 heterocycles. The normalized spacial score (nSPS) is 10.8. The molecule has 5 nitrogen and oxygen atoms in total. The smallest absolute Gasteiger partial charge is 0.223 e. The summed E-state index contributed by atoms with van der Waals surface area (Å²) in [4.78, 5) is 8.73. The molecule has 0 N–H and O–H groups in total. The van der Waals surface area contributed by atoms with Crippen molar-refractivity contribution in [3.05, 3.63) is 27.9 Å². The first-order valence-electron chi connectivity index (χ1n) is 6.22. The fourth-order valence-electron chi connectivity index (χ4n) is 1.84. The Labute approximate surface area is 121 Å². The highest BCUT2D eigenvalue weighted by molar-refractivity contribution is 9.10. The fourth-order valence-corrected chi connectivity index (χ4v) is 2.24. The molecule has 0 aliphatic rings. The van der Waals surface area contributed by atoms with Crippen molar-refractivity contribution in [2.24, 2.45) is 7.05 Å². The van der Waals surface area contributed by atoms with Crippen molar-refractivity contribution in [3.63, 3.8) is 0 Å². The zero-order chi connectivity index (χ0) is 14.0. The molecule has 0 fully saturated rings. The van der Waals surface area contributed by atoms with E-state index in [4.69, 9.17) is 4.74 Å². The Morgan fingerprint density at radius 3 is 2.63 bits per heavy atom. The zero-order valence-electron chi connectivity index (χ0n) is 11.6. The molecule has 0 amide bonds. The van der Waals surface area contributed by atoms with Crippen molar-refractivity contribution in [2.75, 3.05) is 0 Å². The summed E-state index contributed by atoms with van der Waals surface area (Å²) >= 11 is 3.39. The number of nitrogens with zero attached hydrogens (tertiary/aromatic N) is 4. The lowest BCUT2D eigenvalue weighted by molar-refractivity contribution is 0.450. The number of hydrogen-bond acceptors (Lipinski definition) is 4. The minimum absolute atomic E-state index is 0.546. The molecule has 0 saturated carbocycles. The van der Waals surface area contributed by atoms with Gasteiger partial charge in [0, 0.05) is 19.5 Å². The van der Waals surface area contributed by atoms with Crippen molar-refractivity contribution < 1.29 is 4.74 Å². The van der Waals surface area contributed by atoms with E-state index in [2.05, 4.69) is 37.9 Å². The van der Waals surface area contributed by atoms with Gasteiger partial charge in [-0.1, -0.05) is 6.92 Å². The minimum Gasteiger partial charge on any atom is -0.435 e. The van der Waals surface area contributed by atoms with Gasteiger partial charge in [-0.2, -0.15) is 10.1 Å². The highest BCUT2D eigenvalue weighted by atomic mass is 79.9. The monoisotopic (exact) mass is 324 g/mol. The summed E-state index contributed by atoms with van der Waals surface area (Å²) in [5.74, 6) is 2.09. The molecule has 0 radical (unpaired) electrons. The molecular formula is C13H17BrN4O.